The van der Waals surface area contributed by atoms with Gasteiger partial charge in [-0.1, -0.05) is 46.3 Å². The molecule has 3 rings (SSSR count). The molecule has 0 radical (unpaired) electrons. The second-order valence-electron chi connectivity index (χ2n) is 5.47. The molecule has 0 spiro atoms. The number of hydrogen-bond donors (Lipinski definition) is 1. The van der Waals surface area contributed by atoms with Crippen molar-refractivity contribution in [3.63, 3.8) is 0 Å². The van der Waals surface area contributed by atoms with E-state index in [2.05, 4.69) is 38.6 Å². The van der Waals surface area contributed by atoms with Crippen LogP contribution in [-0.4, -0.2) is 11.6 Å². The summed E-state index contributed by atoms with van der Waals surface area (Å²) in [6.07, 6.45) is 3.05. The smallest absolute Gasteiger partial charge is 0.267 e. The van der Waals surface area contributed by atoms with Crippen LogP contribution in [0.25, 0.3) is 0 Å². The number of carbonyl (C=O) groups excluding carboxylic acids is 1. The van der Waals surface area contributed by atoms with Crippen LogP contribution in [0.5, 0.6) is 0 Å². The van der Waals surface area contributed by atoms with Crippen LogP contribution in [0.1, 0.15) is 39.9 Å². The molecule has 0 heterocycles. The molecule has 2 aromatic rings. The molecule has 0 aromatic heterocycles. The van der Waals surface area contributed by atoms with Crippen molar-refractivity contribution in [2.24, 2.45) is 5.10 Å². The molecule has 0 saturated carbocycles. The van der Waals surface area contributed by atoms with E-state index in [1.807, 2.05) is 37.3 Å². The quantitative estimate of drug-likeness (QED) is 0.803. The van der Waals surface area contributed by atoms with Crippen LogP contribution >= 0.6 is 15.9 Å². The summed E-state index contributed by atoms with van der Waals surface area (Å²) in [6, 6.07) is 13.8. The largest absolute Gasteiger partial charge is 0.271 e. The van der Waals surface area contributed by atoms with E-state index in [1.54, 1.807) is 0 Å². The molecule has 1 N–H and O–H groups in total. The molecular weight excluding hydrogens is 340 g/mol. The summed E-state index contributed by atoms with van der Waals surface area (Å²) >= 11 is 3.45. The van der Waals surface area contributed by atoms with Gasteiger partial charge in [0.05, 0.1) is 5.71 Å². The average Bonchev–Trinajstić information content (AvgIpc) is 2.55. The van der Waals surface area contributed by atoms with Crippen LogP contribution < -0.4 is 5.43 Å². The zero-order valence-electron chi connectivity index (χ0n) is 12.4. The summed E-state index contributed by atoms with van der Waals surface area (Å²) in [4.78, 5) is 12.2. The Labute approximate surface area is 138 Å². The van der Waals surface area contributed by atoms with E-state index in [4.69, 9.17) is 0 Å². The van der Waals surface area contributed by atoms with Crippen LogP contribution in [0.3, 0.4) is 0 Å². The van der Waals surface area contributed by atoms with Gasteiger partial charge in [-0.2, -0.15) is 5.10 Å². The maximum absolute atomic E-state index is 12.2. The van der Waals surface area contributed by atoms with Crippen molar-refractivity contribution >= 4 is 27.5 Å². The number of halogens is 1. The molecule has 0 atom stereocenters. The minimum Gasteiger partial charge on any atom is -0.267 e. The molecule has 0 aliphatic heterocycles. The number of aryl methyl sites for hydroxylation is 2. The predicted octanol–water partition coefficient (Wildman–Crippen LogP) is 4.23. The van der Waals surface area contributed by atoms with E-state index in [0.717, 1.165) is 40.6 Å². The topological polar surface area (TPSA) is 41.5 Å². The second-order valence-corrected chi connectivity index (χ2v) is 6.33. The van der Waals surface area contributed by atoms with E-state index in [0.29, 0.717) is 5.56 Å². The van der Waals surface area contributed by atoms with E-state index in [1.165, 1.54) is 5.56 Å². The van der Waals surface area contributed by atoms with Crippen LogP contribution in [0.2, 0.25) is 0 Å². The van der Waals surface area contributed by atoms with Gasteiger partial charge >= 0.3 is 0 Å². The van der Waals surface area contributed by atoms with Crippen molar-refractivity contribution in [3.8, 4) is 0 Å². The first kappa shape index (κ1) is 15.0. The first-order valence-corrected chi connectivity index (χ1v) is 8.16. The fourth-order valence-corrected chi connectivity index (χ4v) is 3.01. The zero-order chi connectivity index (χ0) is 15.5. The van der Waals surface area contributed by atoms with Gasteiger partial charge < -0.3 is 0 Å². The van der Waals surface area contributed by atoms with Gasteiger partial charge in [0.2, 0.25) is 0 Å². The molecule has 22 heavy (non-hydrogen) atoms. The van der Waals surface area contributed by atoms with Crippen molar-refractivity contribution in [1.82, 2.24) is 5.43 Å². The molecule has 112 valence electrons. The van der Waals surface area contributed by atoms with Gasteiger partial charge in [-0.3, -0.25) is 4.79 Å². The molecule has 0 saturated heterocycles. The third-order valence-corrected chi connectivity index (χ3v) is 4.77. The monoisotopic (exact) mass is 356 g/mol. The number of rotatable bonds is 2. The number of carbonyl (C=O) groups is 1. The Morgan fingerprint density at radius 3 is 2.82 bits per heavy atom. The van der Waals surface area contributed by atoms with Crippen LogP contribution in [-0.2, 0) is 6.42 Å². The molecule has 1 aliphatic carbocycles. The van der Waals surface area contributed by atoms with E-state index in [9.17, 15) is 4.79 Å². The Morgan fingerprint density at radius 1 is 1.18 bits per heavy atom. The standard InChI is InChI=1S/C18H17BrN2O/c1-12-9-10-14(11-16(12)19)18(22)21-20-17-8-4-6-13-5-2-3-7-15(13)17/h2-3,5,7,9-11H,4,6,8H2,1H3,(H,21,22). The normalized spacial score (nSPS) is 15.5. The predicted molar refractivity (Wildman–Crippen MR) is 92.3 cm³/mol. The van der Waals surface area contributed by atoms with Crippen molar-refractivity contribution in [3.05, 3.63) is 69.2 Å². The number of nitrogens with one attached hydrogen (secondary N) is 1. The number of benzene rings is 2. The third-order valence-electron chi connectivity index (χ3n) is 3.91. The second kappa shape index (κ2) is 6.44. The lowest BCUT2D eigenvalue weighted by Crippen LogP contribution is -2.22. The molecule has 1 aliphatic rings. The van der Waals surface area contributed by atoms with Crippen LogP contribution in [0, 0.1) is 6.92 Å². The Kier molecular flexibility index (Phi) is 4.39. The Bertz CT molecular complexity index is 753. The van der Waals surface area contributed by atoms with Crippen LogP contribution in [0.4, 0.5) is 0 Å². The summed E-state index contributed by atoms with van der Waals surface area (Å²) in [6.45, 7) is 1.99. The van der Waals surface area contributed by atoms with Gasteiger partial charge in [-0.25, -0.2) is 5.43 Å². The minimum atomic E-state index is -0.184. The number of hydrazone groups is 1. The van der Waals surface area contributed by atoms with Gasteiger partial charge in [0.25, 0.3) is 5.91 Å². The lowest BCUT2D eigenvalue weighted by molar-refractivity contribution is 0.0954. The fourth-order valence-electron chi connectivity index (χ4n) is 2.63. The first-order chi connectivity index (χ1) is 10.6. The van der Waals surface area contributed by atoms with Crippen molar-refractivity contribution in [2.75, 3.05) is 0 Å². The average molecular weight is 357 g/mol. The number of fused-ring (bicyclic) bond motifs is 1. The summed E-state index contributed by atoms with van der Waals surface area (Å²) < 4.78 is 0.927. The van der Waals surface area contributed by atoms with Gasteiger partial charge in [-0.15, -0.1) is 0 Å². The van der Waals surface area contributed by atoms with E-state index in [-0.39, 0.29) is 5.91 Å². The lowest BCUT2D eigenvalue weighted by Gasteiger charge is -2.17. The highest BCUT2D eigenvalue weighted by Crippen LogP contribution is 2.21. The third kappa shape index (κ3) is 3.12. The fraction of sp³-hybridized carbons (Fsp3) is 0.222. The Hall–Kier alpha value is -1.94. The highest BCUT2D eigenvalue weighted by Gasteiger charge is 2.15. The number of amides is 1. The lowest BCUT2D eigenvalue weighted by atomic mass is 9.90. The summed E-state index contributed by atoms with van der Waals surface area (Å²) in [5.74, 6) is -0.184. The van der Waals surface area contributed by atoms with Crippen molar-refractivity contribution in [2.45, 2.75) is 26.2 Å². The first-order valence-electron chi connectivity index (χ1n) is 7.36. The molecule has 0 unspecified atom stereocenters. The minimum absolute atomic E-state index is 0.184. The van der Waals surface area contributed by atoms with E-state index >= 15 is 0 Å². The molecule has 2 aromatic carbocycles. The van der Waals surface area contributed by atoms with Gasteiger partial charge in [-0.05, 0) is 49.4 Å². The van der Waals surface area contributed by atoms with Crippen LogP contribution in [0.15, 0.2) is 52.0 Å². The molecule has 0 fully saturated rings. The maximum atomic E-state index is 12.2. The highest BCUT2D eigenvalue weighted by molar-refractivity contribution is 9.10. The molecule has 1 amide bonds. The SMILES string of the molecule is Cc1ccc(C(=O)NN=C2CCCc3ccccc32)cc1Br. The summed E-state index contributed by atoms with van der Waals surface area (Å²) in [7, 11) is 0. The molecule has 3 nitrogen and oxygen atoms in total. The van der Waals surface area contributed by atoms with Gasteiger partial charge in [0.15, 0.2) is 0 Å². The number of nitrogens with zero attached hydrogens (tertiary/aromatic N) is 1. The summed E-state index contributed by atoms with van der Waals surface area (Å²) in [5.41, 5.74) is 7.81. The van der Waals surface area contributed by atoms with Gasteiger partial charge in [0, 0.05) is 15.6 Å². The molecule has 0 bridgehead atoms. The summed E-state index contributed by atoms with van der Waals surface area (Å²) in [5, 5.41) is 4.35. The zero-order valence-corrected chi connectivity index (χ0v) is 14.0. The Balaban J connectivity index is 1.79. The molecule has 4 heteroatoms. The Morgan fingerprint density at radius 2 is 2.00 bits per heavy atom. The van der Waals surface area contributed by atoms with Crippen molar-refractivity contribution in [1.29, 1.82) is 0 Å². The van der Waals surface area contributed by atoms with Gasteiger partial charge in [0.1, 0.15) is 0 Å². The van der Waals surface area contributed by atoms with E-state index < -0.39 is 0 Å². The van der Waals surface area contributed by atoms with Crippen molar-refractivity contribution < 1.29 is 4.79 Å². The maximum Gasteiger partial charge on any atom is 0.271 e. The highest BCUT2D eigenvalue weighted by atomic mass is 79.9. The number of hydrogen-bond acceptors (Lipinski definition) is 2. The molecular formula is C18H17BrN2O.